The standard InChI is InChI=1S/C21H34O2/c1-5-20(2,3)12-6-8-16-17(19(23)11-10-18(16)22)9-7-13-21(4)14-15-21/h10-11,22-23H,5-9,12-15H2,1-4H3. The Labute approximate surface area is 141 Å². The fourth-order valence-corrected chi connectivity index (χ4v) is 3.30. The third-order valence-corrected chi connectivity index (χ3v) is 5.93. The molecule has 0 aliphatic heterocycles. The van der Waals surface area contributed by atoms with E-state index in [0.717, 1.165) is 43.2 Å². The van der Waals surface area contributed by atoms with E-state index in [9.17, 15) is 10.2 Å². The van der Waals surface area contributed by atoms with Crippen LogP contribution in [0.2, 0.25) is 0 Å². The summed E-state index contributed by atoms with van der Waals surface area (Å²) in [6, 6.07) is 3.28. The lowest BCUT2D eigenvalue weighted by Gasteiger charge is -2.23. The minimum atomic E-state index is 0.352. The molecule has 0 aromatic heterocycles. The van der Waals surface area contributed by atoms with Gasteiger partial charge in [0.2, 0.25) is 0 Å². The molecule has 1 aliphatic carbocycles. The zero-order valence-corrected chi connectivity index (χ0v) is 15.4. The van der Waals surface area contributed by atoms with Crippen molar-refractivity contribution in [3.05, 3.63) is 23.3 Å². The number of benzene rings is 1. The van der Waals surface area contributed by atoms with E-state index in [2.05, 4.69) is 27.7 Å². The lowest BCUT2D eigenvalue weighted by molar-refractivity contribution is 0.312. The van der Waals surface area contributed by atoms with Crippen molar-refractivity contribution in [3.8, 4) is 11.5 Å². The van der Waals surface area contributed by atoms with E-state index < -0.39 is 0 Å². The highest BCUT2D eigenvalue weighted by atomic mass is 16.3. The summed E-state index contributed by atoms with van der Waals surface area (Å²) in [5.41, 5.74) is 2.85. The number of rotatable bonds is 9. The summed E-state index contributed by atoms with van der Waals surface area (Å²) < 4.78 is 0. The van der Waals surface area contributed by atoms with Gasteiger partial charge in [-0.3, -0.25) is 0 Å². The zero-order chi connectivity index (χ0) is 17.1. The Balaban J connectivity index is 2.00. The molecule has 0 radical (unpaired) electrons. The van der Waals surface area contributed by atoms with Crippen LogP contribution in [0, 0.1) is 10.8 Å². The predicted molar refractivity (Wildman–Crippen MR) is 97.1 cm³/mol. The number of hydrogen-bond acceptors (Lipinski definition) is 2. The first-order valence-electron chi connectivity index (χ1n) is 9.29. The van der Waals surface area contributed by atoms with Crippen LogP contribution in [0.15, 0.2) is 12.1 Å². The van der Waals surface area contributed by atoms with Gasteiger partial charge in [-0.2, -0.15) is 0 Å². The van der Waals surface area contributed by atoms with Crippen LogP contribution in [0.3, 0.4) is 0 Å². The second kappa shape index (κ2) is 7.15. The summed E-state index contributed by atoms with van der Waals surface area (Å²) in [5.74, 6) is 0.707. The topological polar surface area (TPSA) is 40.5 Å². The van der Waals surface area contributed by atoms with Crippen molar-refractivity contribution >= 4 is 0 Å². The molecule has 2 nitrogen and oxygen atoms in total. The summed E-state index contributed by atoms with van der Waals surface area (Å²) in [6.45, 7) is 9.18. The number of aromatic hydroxyl groups is 2. The molecule has 0 bridgehead atoms. The van der Waals surface area contributed by atoms with E-state index in [0.29, 0.717) is 22.3 Å². The number of phenols is 2. The van der Waals surface area contributed by atoms with Gasteiger partial charge in [-0.05, 0) is 74.3 Å². The fourth-order valence-electron chi connectivity index (χ4n) is 3.30. The van der Waals surface area contributed by atoms with Crippen molar-refractivity contribution in [1.29, 1.82) is 0 Å². The molecule has 130 valence electrons. The van der Waals surface area contributed by atoms with Crippen molar-refractivity contribution < 1.29 is 10.2 Å². The molecule has 0 amide bonds. The van der Waals surface area contributed by atoms with Gasteiger partial charge in [-0.15, -0.1) is 0 Å². The van der Waals surface area contributed by atoms with Gasteiger partial charge in [-0.1, -0.05) is 34.1 Å². The highest BCUT2D eigenvalue weighted by molar-refractivity contribution is 5.47. The molecule has 2 rings (SSSR count). The molecule has 2 heteroatoms. The van der Waals surface area contributed by atoms with Gasteiger partial charge in [-0.25, -0.2) is 0 Å². The van der Waals surface area contributed by atoms with Crippen LogP contribution in [-0.4, -0.2) is 10.2 Å². The molecule has 23 heavy (non-hydrogen) atoms. The third-order valence-electron chi connectivity index (χ3n) is 5.93. The van der Waals surface area contributed by atoms with Gasteiger partial charge in [0, 0.05) is 11.1 Å². The Morgan fingerprint density at radius 1 is 1.00 bits per heavy atom. The maximum Gasteiger partial charge on any atom is 0.119 e. The van der Waals surface area contributed by atoms with Crippen LogP contribution >= 0.6 is 0 Å². The van der Waals surface area contributed by atoms with E-state index in [-0.39, 0.29) is 0 Å². The largest absolute Gasteiger partial charge is 0.508 e. The lowest BCUT2D eigenvalue weighted by Crippen LogP contribution is -2.10. The molecule has 0 saturated heterocycles. The van der Waals surface area contributed by atoms with Crippen LogP contribution in [0.1, 0.15) is 83.8 Å². The second-order valence-electron chi connectivity index (χ2n) is 8.60. The van der Waals surface area contributed by atoms with Crippen LogP contribution in [-0.2, 0) is 12.8 Å². The highest BCUT2D eigenvalue weighted by Gasteiger charge is 2.36. The van der Waals surface area contributed by atoms with Gasteiger partial charge in [0.25, 0.3) is 0 Å². The van der Waals surface area contributed by atoms with Gasteiger partial charge < -0.3 is 10.2 Å². The Morgan fingerprint density at radius 3 is 2.00 bits per heavy atom. The Kier molecular flexibility index (Phi) is 5.65. The first-order valence-corrected chi connectivity index (χ1v) is 9.29. The van der Waals surface area contributed by atoms with Crippen molar-refractivity contribution in [1.82, 2.24) is 0 Å². The van der Waals surface area contributed by atoms with Gasteiger partial charge in [0.05, 0.1) is 0 Å². The lowest BCUT2D eigenvalue weighted by atomic mass is 9.83. The van der Waals surface area contributed by atoms with Crippen molar-refractivity contribution in [2.45, 2.75) is 85.5 Å². The summed E-state index contributed by atoms with van der Waals surface area (Å²) in [5, 5.41) is 20.5. The third kappa shape index (κ3) is 5.16. The van der Waals surface area contributed by atoms with Crippen LogP contribution in [0.4, 0.5) is 0 Å². The average Bonchev–Trinajstić information content (AvgIpc) is 3.23. The summed E-state index contributed by atoms with van der Waals surface area (Å²) in [6.07, 6.45) is 10.1. The monoisotopic (exact) mass is 318 g/mol. The van der Waals surface area contributed by atoms with Gasteiger partial charge >= 0.3 is 0 Å². The maximum absolute atomic E-state index is 10.3. The Bertz CT molecular complexity index is 527. The van der Waals surface area contributed by atoms with E-state index in [1.54, 1.807) is 12.1 Å². The van der Waals surface area contributed by atoms with E-state index in [4.69, 9.17) is 0 Å². The molecule has 0 heterocycles. The average molecular weight is 319 g/mol. The summed E-state index contributed by atoms with van der Waals surface area (Å²) in [4.78, 5) is 0. The number of hydrogen-bond donors (Lipinski definition) is 2. The molecule has 1 aromatic rings. The fraction of sp³-hybridized carbons (Fsp3) is 0.714. The summed E-state index contributed by atoms with van der Waals surface area (Å²) in [7, 11) is 0. The van der Waals surface area contributed by atoms with Gasteiger partial charge in [0.15, 0.2) is 0 Å². The van der Waals surface area contributed by atoms with Gasteiger partial charge in [0.1, 0.15) is 11.5 Å². The second-order valence-corrected chi connectivity index (χ2v) is 8.60. The zero-order valence-electron chi connectivity index (χ0n) is 15.4. The minimum Gasteiger partial charge on any atom is -0.508 e. The Hall–Kier alpha value is -1.18. The SMILES string of the molecule is CCC(C)(C)CCCc1c(O)ccc(O)c1CCCC1(C)CC1. The van der Waals surface area contributed by atoms with Crippen molar-refractivity contribution in [3.63, 3.8) is 0 Å². The van der Waals surface area contributed by atoms with E-state index in [1.165, 1.54) is 25.7 Å². The molecule has 0 spiro atoms. The normalized spacial score (nSPS) is 16.5. The molecular formula is C21H34O2. The molecule has 0 atom stereocenters. The molecule has 1 fully saturated rings. The molecular weight excluding hydrogens is 284 g/mol. The molecule has 1 aliphatic rings. The van der Waals surface area contributed by atoms with E-state index in [1.807, 2.05) is 0 Å². The predicted octanol–water partition coefficient (Wildman–Crippen LogP) is 5.98. The Morgan fingerprint density at radius 2 is 1.52 bits per heavy atom. The number of phenolic OH excluding ortho intramolecular Hbond substituents is 2. The first kappa shape index (κ1) is 18.2. The maximum atomic E-state index is 10.3. The molecule has 1 aromatic carbocycles. The molecule has 0 unspecified atom stereocenters. The molecule has 2 N–H and O–H groups in total. The van der Waals surface area contributed by atoms with Crippen LogP contribution in [0.5, 0.6) is 11.5 Å². The first-order chi connectivity index (χ1) is 10.8. The van der Waals surface area contributed by atoms with Crippen LogP contribution < -0.4 is 0 Å². The van der Waals surface area contributed by atoms with Crippen LogP contribution in [0.25, 0.3) is 0 Å². The van der Waals surface area contributed by atoms with E-state index >= 15 is 0 Å². The highest BCUT2D eigenvalue weighted by Crippen LogP contribution is 2.49. The minimum absolute atomic E-state index is 0.352. The quantitative estimate of drug-likeness (QED) is 0.550. The summed E-state index contributed by atoms with van der Waals surface area (Å²) >= 11 is 0. The smallest absolute Gasteiger partial charge is 0.119 e. The van der Waals surface area contributed by atoms with Crippen molar-refractivity contribution in [2.75, 3.05) is 0 Å². The molecule has 1 saturated carbocycles. The van der Waals surface area contributed by atoms with Crippen molar-refractivity contribution in [2.24, 2.45) is 10.8 Å².